The molecule has 68 valence electrons. The number of hydrogen-bond donors (Lipinski definition) is 2. The van der Waals surface area contributed by atoms with Crippen LogP contribution in [0, 0.1) is 0 Å². The first-order valence-electron chi connectivity index (χ1n) is 3.53. The zero-order valence-electron chi connectivity index (χ0n) is 7.14. The van der Waals surface area contributed by atoms with Gasteiger partial charge in [-0.05, 0) is 0 Å². The predicted octanol–water partition coefficient (Wildman–Crippen LogP) is -1.17. The Morgan fingerprint density at radius 2 is 1.25 bits per heavy atom. The molecule has 0 fully saturated rings. The lowest BCUT2D eigenvalue weighted by atomic mass is 10.4. The lowest BCUT2D eigenvalue weighted by Crippen LogP contribution is -2.35. The van der Waals surface area contributed by atoms with Crippen LogP contribution in [0.2, 0.25) is 0 Å². The summed E-state index contributed by atoms with van der Waals surface area (Å²) in [6, 6.07) is 0. The zero-order valence-corrected chi connectivity index (χ0v) is 7.14. The summed E-state index contributed by atoms with van der Waals surface area (Å²) in [7, 11) is 0. The van der Waals surface area contributed by atoms with Crippen LogP contribution in [-0.2, 0) is 14.4 Å². The third kappa shape index (κ3) is 6.73. The van der Waals surface area contributed by atoms with E-state index in [4.69, 9.17) is 0 Å². The second kappa shape index (κ2) is 5.29. The van der Waals surface area contributed by atoms with E-state index >= 15 is 0 Å². The molecule has 0 bridgehead atoms. The maximum atomic E-state index is 10.8. The molecule has 5 heteroatoms. The van der Waals surface area contributed by atoms with E-state index in [1.54, 1.807) is 0 Å². The summed E-state index contributed by atoms with van der Waals surface area (Å²) in [5.41, 5.74) is 0. The SMILES string of the molecule is CC(=O)NCC(=O)CNC(C)=O. The quantitative estimate of drug-likeness (QED) is 0.561. The fourth-order valence-corrected chi connectivity index (χ4v) is 0.509. The van der Waals surface area contributed by atoms with Crippen LogP contribution in [-0.4, -0.2) is 30.7 Å². The average molecular weight is 172 g/mol. The Hall–Kier alpha value is -1.39. The molecule has 0 rings (SSSR count). The van der Waals surface area contributed by atoms with Gasteiger partial charge in [0.2, 0.25) is 11.8 Å². The van der Waals surface area contributed by atoms with Crippen molar-refractivity contribution < 1.29 is 14.4 Å². The lowest BCUT2D eigenvalue weighted by molar-refractivity contribution is -0.125. The second-order valence-electron chi connectivity index (χ2n) is 2.36. The first-order valence-corrected chi connectivity index (χ1v) is 3.53. The number of nitrogens with one attached hydrogen (secondary N) is 2. The zero-order chi connectivity index (χ0) is 9.56. The van der Waals surface area contributed by atoms with Crippen LogP contribution in [0.3, 0.4) is 0 Å². The van der Waals surface area contributed by atoms with Crippen molar-refractivity contribution in [1.29, 1.82) is 0 Å². The molecule has 0 atom stereocenters. The minimum absolute atomic E-state index is 0.0321. The summed E-state index contributed by atoms with van der Waals surface area (Å²) >= 11 is 0. The average Bonchev–Trinajstić information content (AvgIpc) is 1.96. The van der Waals surface area contributed by atoms with Crippen molar-refractivity contribution in [2.24, 2.45) is 0 Å². The number of carbonyl (C=O) groups excluding carboxylic acids is 3. The molecule has 0 saturated carbocycles. The third-order valence-electron chi connectivity index (χ3n) is 1.07. The van der Waals surface area contributed by atoms with Crippen molar-refractivity contribution in [3.05, 3.63) is 0 Å². The standard InChI is InChI=1S/C7H12N2O3/c1-5(10)8-3-7(12)4-9-6(2)11/h3-4H2,1-2H3,(H,8,10)(H,9,11). The molecule has 0 saturated heterocycles. The molecule has 0 aromatic carbocycles. The summed E-state index contributed by atoms with van der Waals surface area (Å²) in [6.45, 7) is 2.59. The number of amides is 2. The Kier molecular flexibility index (Phi) is 4.67. The van der Waals surface area contributed by atoms with Crippen LogP contribution in [0.5, 0.6) is 0 Å². The molecule has 0 aliphatic heterocycles. The minimum Gasteiger partial charge on any atom is -0.349 e. The van der Waals surface area contributed by atoms with Crippen molar-refractivity contribution in [2.45, 2.75) is 13.8 Å². The first kappa shape index (κ1) is 10.6. The molecule has 5 nitrogen and oxygen atoms in total. The number of Topliss-reactive ketones (excluding diaryl/α,β-unsaturated/α-hetero) is 1. The maximum Gasteiger partial charge on any atom is 0.217 e. The lowest BCUT2D eigenvalue weighted by Gasteiger charge is -2.01. The minimum atomic E-state index is -0.258. The highest BCUT2D eigenvalue weighted by atomic mass is 16.2. The predicted molar refractivity (Wildman–Crippen MR) is 42.4 cm³/mol. The Bertz CT molecular complexity index is 181. The molecule has 0 spiro atoms. The van der Waals surface area contributed by atoms with Gasteiger partial charge in [0, 0.05) is 13.8 Å². The van der Waals surface area contributed by atoms with E-state index in [1.165, 1.54) is 13.8 Å². The maximum absolute atomic E-state index is 10.8. The van der Waals surface area contributed by atoms with Gasteiger partial charge in [-0.1, -0.05) is 0 Å². The molecular formula is C7H12N2O3. The first-order chi connectivity index (χ1) is 5.52. The van der Waals surface area contributed by atoms with Crippen molar-refractivity contribution >= 4 is 17.6 Å². The molecule has 0 aromatic rings. The van der Waals surface area contributed by atoms with Crippen molar-refractivity contribution in [2.75, 3.05) is 13.1 Å². The van der Waals surface area contributed by atoms with Crippen molar-refractivity contribution in [3.8, 4) is 0 Å². The molecule has 0 heterocycles. The Balaban J connectivity index is 3.47. The van der Waals surface area contributed by atoms with E-state index < -0.39 is 0 Å². The largest absolute Gasteiger partial charge is 0.349 e. The molecule has 0 unspecified atom stereocenters. The summed E-state index contributed by atoms with van der Waals surface area (Å²) in [4.78, 5) is 31.5. The van der Waals surface area contributed by atoms with Crippen LogP contribution in [0.15, 0.2) is 0 Å². The highest BCUT2D eigenvalue weighted by molar-refractivity contribution is 5.89. The van der Waals surface area contributed by atoms with E-state index in [-0.39, 0.29) is 30.7 Å². The van der Waals surface area contributed by atoms with Gasteiger partial charge in [-0.25, -0.2) is 0 Å². The molecule has 0 aliphatic rings. The molecular weight excluding hydrogens is 160 g/mol. The number of rotatable bonds is 4. The monoisotopic (exact) mass is 172 g/mol. The van der Waals surface area contributed by atoms with Gasteiger partial charge >= 0.3 is 0 Å². The van der Waals surface area contributed by atoms with Gasteiger partial charge in [0.25, 0.3) is 0 Å². The molecule has 2 N–H and O–H groups in total. The fraction of sp³-hybridized carbons (Fsp3) is 0.571. The van der Waals surface area contributed by atoms with Crippen LogP contribution >= 0.6 is 0 Å². The van der Waals surface area contributed by atoms with Crippen LogP contribution < -0.4 is 10.6 Å². The fourth-order valence-electron chi connectivity index (χ4n) is 0.509. The van der Waals surface area contributed by atoms with Gasteiger partial charge in [-0.3, -0.25) is 14.4 Å². The van der Waals surface area contributed by atoms with E-state index in [0.717, 1.165) is 0 Å². The van der Waals surface area contributed by atoms with Gasteiger partial charge in [0.05, 0.1) is 13.1 Å². The number of carbonyl (C=O) groups is 3. The van der Waals surface area contributed by atoms with Crippen molar-refractivity contribution in [1.82, 2.24) is 10.6 Å². The smallest absolute Gasteiger partial charge is 0.217 e. The van der Waals surface area contributed by atoms with Gasteiger partial charge in [0.1, 0.15) is 0 Å². The van der Waals surface area contributed by atoms with Crippen LogP contribution in [0.1, 0.15) is 13.8 Å². The molecule has 0 aliphatic carbocycles. The molecule has 0 radical (unpaired) electrons. The molecule has 0 aromatic heterocycles. The Morgan fingerprint density at radius 1 is 0.917 bits per heavy atom. The number of hydrogen-bond acceptors (Lipinski definition) is 3. The van der Waals surface area contributed by atoms with E-state index in [1.807, 2.05) is 0 Å². The Morgan fingerprint density at radius 3 is 1.50 bits per heavy atom. The summed E-state index contributed by atoms with van der Waals surface area (Å²) in [6.07, 6.45) is 0. The van der Waals surface area contributed by atoms with Gasteiger partial charge < -0.3 is 10.6 Å². The third-order valence-corrected chi connectivity index (χ3v) is 1.07. The summed E-state index contributed by atoms with van der Waals surface area (Å²) in [5.74, 6) is -0.738. The summed E-state index contributed by atoms with van der Waals surface area (Å²) < 4.78 is 0. The topological polar surface area (TPSA) is 75.3 Å². The van der Waals surface area contributed by atoms with Gasteiger partial charge in [-0.2, -0.15) is 0 Å². The van der Waals surface area contributed by atoms with Crippen LogP contribution in [0.25, 0.3) is 0 Å². The van der Waals surface area contributed by atoms with E-state index in [2.05, 4.69) is 10.6 Å². The highest BCUT2D eigenvalue weighted by Crippen LogP contribution is 1.69. The molecule has 12 heavy (non-hydrogen) atoms. The Labute approximate surface area is 70.5 Å². The summed E-state index contributed by atoms with van der Waals surface area (Å²) in [5, 5.41) is 4.66. The van der Waals surface area contributed by atoms with Crippen LogP contribution in [0.4, 0.5) is 0 Å². The molecule has 2 amide bonds. The van der Waals surface area contributed by atoms with Gasteiger partial charge in [-0.15, -0.1) is 0 Å². The van der Waals surface area contributed by atoms with Gasteiger partial charge in [0.15, 0.2) is 5.78 Å². The highest BCUT2D eigenvalue weighted by Gasteiger charge is 2.02. The number of ketones is 1. The van der Waals surface area contributed by atoms with E-state index in [0.29, 0.717) is 0 Å². The normalized spacial score (nSPS) is 8.83. The van der Waals surface area contributed by atoms with Crippen molar-refractivity contribution in [3.63, 3.8) is 0 Å². The van der Waals surface area contributed by atoms with E-state index in [9.17, 15) is 14.4 Å². The second-order valence-corrected chi connectivity index (χ2v) is 2.36.